The summed E-state index contributed by atoms with van der Waals surface area (Å²) in [6.45, 7) is 2.03. The van der Waals surface area contributed by atoms with Crippen LogP contribution < -0.4 is 16.0 Å². The maximum Gasteiger partial charge on any atom is 0.106 e. The highest BCUT2D eigenvalue weighted by Crippen LogP contribution is 2.29. The molecule has 2 aromatic rings. The zero-order chi connectivity index (χ0) is 14.7. The molecule has 0 saturated carbocycles. The van der Waals surface area contributed by atoms with E-state index in [1.165, 1.54) is 0 Å². The maximum absolute atomic E-state index is 5.82. The molecule has 3 N–H and O–H groups in total. The second kappa shape index (κ2) is 5.92. The van der Waals surface area contributed by atoms with Crippen LogP contribution in [-0.2, 0) is 0 Å². The average Bonchev–Trinajstić information content (AvgIpc) is 2.41. The molecule has 2 aromatic carbocycles. The monoisotopic (exact) mass is 285 g/mol. The highest BCUT2D eigenvalue weighted by Gasteiger charge is 2.09. The summed E-state index contributed by atoms with van der Waals surface area (Å²) in [4.78, 5) is 2.47. The fourth-order valence-corrected chi connectivity index (χ4v) is 2.25. The molecule has 0 aliphatic carbocycles. The van der Waals surface area contributed by atoms with E-state index in [9.17, 15) is 0 Å². The third-order valence-corrected chi connectivity index (χ3v) is 3.32. The van der Waals surface area contributed by atoms with Gasteiger partial charge in [0.15, 0.2) is 0 Å². The van der Waals surface area contributed by atoms with E-state index >= 15 is 0 Å². The first-order chi connectivity index (χ1) is 9.49. The van der Waals surface area contributed by atoms with Gasteiger partial charge in [0.25, 0.3) is 0 Å². The quantitative estimate of drug-likeness (QED) is 0.844. The van der Waals surface area contributed by atoms with E-state index in [2.05, 4.69) is 16.3 Å². The average molecular weight is 285 g/mol. The molecule has 0 fully saturated rings. The Hall–Kier alpha value is -2.07. The van der Waals surface area contributed by atoms with Gasteiger partial charge in [-0.25, -0.2) is 0 Å². The first-order valence-electron chi connectivity index (χ1n) is 6.43. The number of thiocarbonyl (C=S) groups is 1. The number of hydrogen-bond donors (Lipinski definition) is 2. The minimum Gasteiger partial charge on any atom is -0.389 e. The summed E-state index contributed by atoms with van der Waals surface area (Å²) in [6, 6.07) is 14.2. The number of hydrogen-bond acceptors (Lipinski definition) is 3. The molecule has 0 heterocycles. The van der Waals surface area contributed by atoms with Gasteiger partial charge >= 0.3 is 0 Å². The van der Waals surface area contributed by atoms with Crippen LogP contribution in [0.1, 0.15) is 11.1 Å². The number of nitrogens with zero attached hydrogens (tertiary/aromatic N) is 1. The Balaban J connectivity index is 2.43. The lowest BCUT2D eigenvalue weighted by Gasteiger charge is -2.19. The Bertz CT molecular complexity index is 635. The molecule has 0 aliphatic heterocycles. The van der Waals surface area contributed by atoms with Gasteiger partial charge in [-0.2, -0.15) is 0 Å². The number of aryl methyl sites for hydroxylation is 1. The van der Waals surface area contributed by atoms with Gasteiger partial charge in [-0.15, -0.1) is 0 Å². The smallest absolute Gasteiger partial charge is 0.106 e. The Kier molecular flexibility index (Phi) is 4.25. The van der Waals surface area contributed by atoms with E-state index < -0.39 is 0 Å². The van der Waals surface area contributed by atoms with Crippen molar-refractivity contribution in [3.8, 4) is 0 Å². The first-order valence-corrected chi connectivity index (χ1v) is 6.83. The lowest BCUT2D eigenvalue weighted by Crippen LogP contribution is -2.14. The largest absolute Gasteiger partial charge is 0.389 e. The Labute approximate surface area is 125 Å². The minimum absolute atomic E-state index is 0.401. The van der Waals surface area contributed by atoms with Crippen molar-refractivity contribution >= 4 is 34.3 Å². The van der Waals surface area contributed by atoms with E-state index in [1.54, 1.807) is 0 Å². The second-order valence-electron chi connectivity index (χ2n) is 4.95. The summed E-state index contributed by atoms with van der Waals surface area (Å²) in [5.74, 6) is 0. The van der Waals surface area contributed by atoms with E-state index in [4.69, 9.17) is 18.0 Å². The summed E-state index contributed by atoms with van der Waals surface area (Å²) >= 11 is 5.14. The molecule has 0 atom stereocenters. The van der Waals surface area contributed by atoms with Crippen molar-refractivity contribution in [3.05, 3.63) is 53.6 Å². The van der Waals surface area contributed by atoms with Crippen LogP contribution in [-0.4, -0.2) is 19.1 Å². The van der Waals surface area contributed by atoms with Crippen LogP contribution in [0.4, 0.5) is 17.1 Å². The van der Waals surface area contributed by atoms with Crippen LogP contribution >= 0.6 is 12.2 Å². The van der Waals surface area contributed by atoms with Crippen molar-refractivity contribution in [3.63, 3.8) is 0 Å². The zero-order valence-electron chi connectivity index (χ0n) is 12.0. The van der Waals surface area contributed by atoms with Gasteiger partial charge in [0.2, 0.25) is 0 Å². The van der Waals surface area contributed by atoms with Crippen molar-refractivity contribution in [2.45, 2.75) is 6.92 Å². The van der Waals surface area contributed by atoms with Crippen LogP contribution in [0.3, 0.4) is 0 Å². The fourth-order valence-electron chi connectivity index (χ4n) is 2.09. The van der Waals surface area contributed by atoms with E-state index in [-0.39, 0.29) is 0 Å². The van der Waals surface area contributed by atoms with Gasteiger partial charge < -0.3 is 16.0 Å². The highest BCUT2D eigenvalue weighted by molar-refractivity contribution is 7.80. The van der Waals surface area contributed by atoms with Crippen molar-refractivity contribution < 1.29 is 0 Å². The SMILES string of the molecule is Cc1ccc(Nc2ccccc2N(C)C)c(C(N)=S)c1. The number of nitrogens with one attached hydrogen (secondary N) is 1. The van der Waals surface area contributed by atoms with Crippen molar-refractivity contribution in [2.75, 3.05) is 24.3 Å². The molecule has 0 radical (unpaired) electrons. The lowest BCUT2D eigenvalue weighted by molar-refractivity contribution is 1.13. The molecule has 3 nitrogen and oxygen atoms in total. The lowest BCUT2D eigenvalue weighted by atomic mass is 10.1. The third kappa shape index (κ3) is 3.08. The van der Waals surface area contributed by atoms with Crippen LogP contribution in [0.25, 0.3) is 0 Å². The number of nitrogens with two attached hydrogens (primary N) is 1. The molecule has 20 heavy (non-hydrogen) atoms. The molecule has 104 valence electrons. The molecule has 0 saturated heterocycles. The van der Waals surface area contributed by atoms with Crippen molar-refractivity contribution in [1.82, 2.24) is 0 Å². The van der Waals surface area contributed by atoms with Gasteiger partial charge in [0, 0.05) is 25.3 Å². The standard InChI is InChI=1S/C16H19N3S/c1-11-8-9-13(12(10-11)16(17)20)18-14-6-4-5-7-15(14)19(2)3/h4-10,18H,1-3H3,(H2,17,20). The molecule has 2 rings (SSSR count). The fraction of sp³-hybridized carbons (Fsp3) is 0.188. The molecular weight excluding hydrogens is 266 g/mol. The van der Waals surface area contributed by atoms with Gasteiger partial charge in [-0.1, -0.05) is 36.0 Å². The number of anilines is 3. The van der Waals surface area contributed by atoms with E-state index in [0.717, 1.165) is 28.2 Å². The summed E-state index contributed by atoms with van der Waals surface area (Å²) in [7, 11) is 4.04. The summed E-state index contributed by atoms with van der Waals surface area (Å²) in [6.07, 6.45) is 0. The normalized spacial score (nSPS) is 10.2. The molecular formula is C16H19N3S. The maximum atomic E-state index is 5.82. The number of rotatable bonds is 4. The zero-order valence-corrected chi connectivity index (χ0v) is 12.8. The Morgan fingerprint density at radius 1 is 1.10 bits per heavy atom. The molecule has 0 amide bonds. The predicted molar refractivity (Wildman–Crippen MR) is 91.1 cm³/mol. The Morgan fingerprint density at radius 3 is 2.45 bits per heavy atom. The van der Waals surface area contributed by atoms with Crippen LogP contribution in [0.2, 0.25) is 0 Å². The van der Waals surface area contributed by atoms with E-state index in [1.807, 2.05) is 57.4 Å². The van der Waals surface area contributed by atoms with Crippen LogP contribution in [0, 0.1) is 6.92 Å². The molecule has 0 bridgehead atoms. The van der Waals surface area contributed by atoms with Gasteiger partial charge in [0.05, 0.1) is 11.4 Å². The van der Waals surface area contributed by atoms with Gasteiger partial charge in [-0.05, 0) is 31.2 Å². The predicted octanol–water partition coefficient (Wildman–Crippen LogP) is 3.44. The van der Waals surface area contributed by atoms with Crippen LogP contribution in [0.15, 0.2) is 42.5 Å². The summed E-state index contributed by atoms with van der Waals surface area (Å²) in [5, 5.41) is 3.42. The summed E-state index contributed by atoms with van der Waals surface area (Å²) in [5.41, 5.74) is 10.9. The molecule has 0 aliphatic rings. The molecule has 4 heteroatoms. The minimum atomic E-state index is 0.401. The first kappa shape index (κ1) is 14.3. The van der Waals surface area contributed by atoms with Gasteiger partial charge in [0.1, 0.15) is 4.99 Å². The van der Waals surface area contributed by atoms with E-state index in [0.29, 0.717) is 4.99 Å². The topological polar surface area (TPSA) is 41.3 Å². The molecule has 0 spiro atoms. The highest BCUT2D eigenvalue weighted by atomic mass is 32.1. The number of para-hydroxylation sites is 2. The van der Waals surface area contributed by atoms with Crippen molar-refractivity contribution in [1.29, 1.82) is 0 Å². The van der Waals surface area contributed by atoms with Gasteiger partial charge in [-0.3, -0.25) is 0 Å². The molecule has 0 aromatic heterocycles. The Morgan fingerprint density at radius 2 is 1.80 bits per heavy atom. The number of benzene rings is 2. The molecule has 0 unspecified atom stereocenters. The second-order valence-corrected chi connectivity index (χ2v) is 5.39. The van der Waals surface area contributed by atoms with Crippen LogP contribution in [0.5, 0.6) is 0 Å². The summed E-state index contributed by atoms with van der Waals surface area (Å²) < 4.78 is 0. The van der Waals surface area contributed by atoms with Crippen molar-refractivity contribution in [2.24, 2.45) is 5.73 Å². The third-order valence-electron chi connectivity index (χ3n) is 3.10.